The highest BCUT2D eigenvalue weighted by Crippen LogP contribution is 2.33. The molecule has 218 valence electrons. The number of aliphatic hydroxyl groups is 2. The average molecular weight is 578 g/mol. The number of rotatable bonds is 9. The minimum atomic E-state index is -1.13. The number of nitrogens with one attached hydrogen (secondary N) is 3. The molecule has 11 nitrogen and oxygen atoms in total. The van der Waals surface area contributed by atoms with Crippen molar-refractivity contribution in [2.24, 2.45) is 0 Å². The Labute approximate surface area is 246 Å². The Morgan fingerprint density at radius 3 is 2.67 bits per heavy atom. The molecule has 1 aliphatic rings. The number of fused-ring (bicyclic) bond motifs is 3. The van der Waals surface area contributed by atoms with Crippen LogP contribution in [0.25, 0.3) is 32.8 Å². The van der Waals surface area contributed by atoms with Crippen molar-refractivity contribution in [3.05, 3.63) is 96.7 Å². The molecule has 1 amide bonds. The van der Waals surface area contributed by atoms with Crippen molar-refractivity contribution in [3.8, 4) is 0 Å². The van der Waals surface area contributed by atoms with Crippen molar-refractivity contribution >= 4 is 44.6 Å². The van der Waals surface area contributed by atoms with Gasteiger partial charge >= 0.3 is 0 Å². The summed E-state index contributed by atoms with van der Waals surface area (Å²) in [6, 6.07) is 21.5. The van der Waals surface area contributed by atoms with Gasteiger partial charge in [0.1, 0.15) is 24.6 Å². The van der Waals surface area contributed by atoms with Crippen LogP contribution in [0.4, 0.5) is 5.82 Å². The highest BCUT2D eigenvalue weighted by atomic mass is 16.5. The number of aromatic amines is 1. The van der Waals surface area contributed by atoms with Crippen molar-refractivity contribution in [1.82, 2.24) is 29.8 Å². The number of ether oxygens (including phenoxy) is 1. The molecule has 3 aromatic carbocycles. The molecule has 1 saturated heterocycles. The third-order valence-electron chi connectivity index (χ3n) is 8.13. The quantitative estimate of drug-likeness (QED) is 0.175. The summed E-state index contributed by atoms with van der Waals surface area (Å²) in [6.45, 7) is 0.124. The first kappa shape index (κ1) is 27.0. The van der Waals surface area contributed by atoms with Crippen LogP contribution in [-0.4, -0.2) is 65.5 Å². The van der Waals surface area contributed by atoms with Crippen LogP contribution < -0.4 is 10.6 Å². The Kier molecular flexibility index (Phi) is 7.19. The summed E-state index contributed by atoms with van der Waals surface area (Å²) in [5, 5.41) is 30.6. The molecule has 4 atom stereocenters. The van der Waals surface area contributed by atoms with E-state index in [1.807, 2.05) is 48.7 Å². The second kappa shape index (κ2) is 11.4. The van der Waals surface area contributed by atoms with E-state index in [0.717, 1.165) is 32.8 Å². The molecule has 0 saturated carbocycles. The molecule has 5 N–H and O–H groups in total. The lowest BCUT2D eigenvalue weighted by molar-refractivity contribution is -0.123. The number of benzene rings is 3. The fourth-order valence-corrected chi connectivity index (χ4v) is 5.93. The summed E-state index contributed by atoms with van der Waals surface area (Å²) >= 11 is 0. The summed E-state index contributed by atoms with van der Waals surface area (Å²) in [6.07, 6.45) is 2.81. The number of aliphatic hydroxyl groups excluding tert-OH is 2. The topological polar surface area (TPSA) is 150 Å². The maximum atomic E-state index is 13.1. The largest absolute Gasteiger partial charge is 0.394 e. The summed E-state index contributed by atoms with van der Waals surface area (Å²) in [7, 11) is 0. The number of anilines is 1. The molecule has 1 fully saturated rings. The second-order valence-corrected chi connectivity index (χ2v) is 10.7. The van der Waals surface area contributed by atoms with Gasteiger partial charge in [0.05, 0.1) is 12.9 Å². The Morgan fingerprint density at radius 2 is 1.79 bits per heavy atom. The van der Waals surface area contributed by atoms with Crippen molar-refractivity contribution < 1.29 is 19.7 Å². The minimum absolute atomic E-state index is 0.219. The van der Waals surface area contributed by atoms with Gasteiger partial charge in [-0.25, -0.2) is 15.0 Å². The van der Waals surface area contributed by atoms with E-state index < -0.39 is 31.1 Å². The normalized spacial score (nSPS) is 20.2. The van der Waals surface area contributed by atoms with Crippen LogP contribution >= 0.6 is 0 Å². The summed E-state index contributed by atoms with van der Waals surface area (Å²) < 4.78 is 7.71. The number of aryl methyl sites for hydroxylation is 1. The number of carbonyl (C=O) groups excluding carboxylic acids is 1. The zero-order valence-corrected chi connectivity index (χ0v) is 23.2. The van der Waals surface area contributed by atoms with Gasteiger partial charge in [-0.3, -0.25) is 9.36 Å². The molecular weight excluding hydrogens is 546 g/mol. The van der Waals surface area contributed by atoms with E-state index in [1.54, 1.807) is 10.9 Å². The molecule has 7 rings (SSSR count). The van der Waals surface area contributed by atoms with Gasteiger partial charge in [-0.15, -0.1) is 0 Å². The first-order valence-electron chi connectivity index (χ1n) is 14.3. The smallest absolute Gasteiger partial charge is 0.220 e. The second-order valence-electron chi connectivity index (χ2n) is 10.7. The molecule has 6 aromatic rings. The van der Waals surface area contributed by atoms with E-state index in [0.29, 0.717) is 29.9 Å². The third kappa shape index (κ3) is 5.07. The van der Waals surface area contributed by atoms with E-state index in [9.17, 15) is 15.0 Å². The lowest BCUT2D eigenvalue weighted by atomic mass is 10.0. The van der Waals surface area contributed by atoms with E-state index in [2.05, 4.69) is 54.8 Å². The number of para-hydroxylation sites is 1. The van der Waals surface area contributed by atoms with Crippen LogP contribution in [0, 0.1) is 0 Å². The van der Waals surface area contributed by atoms with Gasteiger partial charge in [-0.1, -0.05) is 60.7 Å². The first-order chi connectivity index (χ1) is 21.1. The van der Waals surface area contributed by atoms with E-state index in [1.165, 1.54) is 6.33 Å². The fourth-order valence-electron chi connectivity index (χ4n) is 5.93. The highest BCUT2D eigenvalue weighted by molar-refractivity contribution is 5.87. The van der Waals surface area contributed by atoms with Gasteiger partial charge in [0.2, 0.25) is 5.91 Å². The van der Waals surface area contributed by atoms with Crippen molar-refractivity contribution in [3.63, 3.8) is 0 Å². The van der Waals surface area contributed by atoms with Crippen LogP contribution in [0.15, 0.2) is 85.6 Å². The summed E-state index contributed by atoms with van der Waals surface area (Å²) in [4.78, 5) is 29.8. The predicted octanol–water partition coefficient (Wildman–Crippen LogP) is 3.44. The number of aromatic nitrogens is 5. The molecule has 0 aliphatic carbocycles. The van der Waals surface area contributed by atoms with Crippen molar-refractivity contribution in [1.29, 1.82) is 0 Å². The molecule has 43 heavy (non-hydrogen) atoms. The number of H-pyrrole nitrogens is 1. The van der Waals surface area contributed by atoms with Gasteiger partial charge in [-0.05, 0) is 34.4 Å². The molecular formula is C32H31N7O4. The Balaban J connectivity index is 1.10. The van der Waals surface area contributed by atoms with Gasteiger partial charge < -0.3 is 30.6 Å². The number of hydrogen-bond acceptors (Lipinski definition) is 8. The third-order valence-corrected chi connectivity index (χ3v) is 8.13. The number of imidazole rings is 1. The Morgan fingerprint density at radius 1 is 0.977 bits per heavy atom. The van der Waals surface area contributed by atoms with Gasteiger partial charge in [0, 0.05) is 30.1 Å². The molecule has 0 radical (unpaired) electrons. The van der Waals surface area contributed by atoms with Gasteiger partial charge in [0.25, 0.3) is 0 Å². The first-order valence-corrected chi connectivity index (χ1v) is 14.3. The zero-order chi connectivity index (χ0) is 29.3. The van der Waals surface area contributed by atoms with Gasteiger partial charge in [-0.2, -0.15) is 0 Å². The molecule has 0 unspecified atom stereocenters. The SMILES string of the molecule is O=C(CCc1c[nH]c2ccccc12)N[C@@H]1[C@H](O)[C@@H](CO)O[C@H]1n1cnc2c(NCc3cccc4ccccc34)ncnc21. The minimum Gasteiger partial charge on any atom is -0.394 e. The number of hydrogen-bond donors (Lipinski definition) is 5. The monoisotopic (exact) mass is 577 g/mol. The summed E-state index contributed by atoms with van der Waals surface area (Å²) in [5.74, 6) is 0.311. The van der Waals surface area contributed by atoms with E-state index in [-0.39, 0.29) is 12.3 Å². The standard InChI is InChI=1S/C32H31N7O4/c40-16-25-29(42)27(38-26(41)13-12-21-14-33-24-11-4-3-10-23(21)24)32(43-25)39-18-37-28-30(35-17-36-31(28)39)34-15-20-8-5-7-19-6-1-2-9-22(19)20/h1-11,14,17-18,25,27,29,32-33,40,42H,12-13,15-16H2,(H,38,41)(H,34,35,36)/t25-,27-,29-,32-/m1/s1. The van der Waals surface area contributed by atoms with Crippen molar-refractivity contribution in [2.45, 2.75) is 43.9 Å². The number of amides is 1. The summed E-state index contributed by atoms with van der Waals surface area (Å²) in [5.41, 5.74) is 4.18. The lowest BCUT2D eigenvalue weighted by Gasteiger charge is -2.23. The number of nitrogens with zero attached hydrogens (tertiary/aromatic N) is 4. The maximum Gasteiger partial charge on any atom is 0.220 e. The van der Waals surface area contributed by atoms with Crippen molar-refractivity contribution in [2.75, 3.05) is 11.9 Å². The molecule has 0 bridgehead atoms. The molecule has 1 aliphatic heterocycles. The maximum absolute atomic E-state index is 13.1. The molecule has 11 heteroatoms. The zero-order valence-electron chi connectivity index (χ0n) is 23.2. The van der Waals surface area contributed by atoms with Gasteiger partial charge in [0.15, 0.2) is 23.2 Å². The number of carbonyl (C=O) groups is 1. The van der Waals surface area contributed by atoms with E-state index in [4.69, 9.17) is 4.74 Å². The average Bonchev–Trinajstić information content (AvgIpc) is 3.74. The molecule has 4 heterocycles. The Hall–Kier alpha value is -4.84. The molecule has 3 aromatic heterocycles. The fraction of sp³-hybridized carbons (Fsp3) is 0.250. The van der Waals surface area contributed by atoms with Crippen LogP contribution in [0.2, 0.25) is 0 Å². The Bertz CT molecular complexity index is 1910. The van der Waals surface area contributed by atoms with Crippen LogP contribution in [-0.2, 0) is 22.5 Å². The van der Waals surface area contributed by atoms with E-state index >= 15 is 0 Å². The van der Waals surface area contributed by atoms with Crippen LogP contribution in [0.5, 0.6) is 0 Å². The van der Waals surface area contributed by atoms with Crippen LogP contribution in [0.3, 0.4) is 0 Å². The highest BCUT2D eigenvalue weighted by Gasteiger charge is 2.45. The predicted molar refractivity (Wildman–Crippen MR) is 162 cm³/mol. The molecule has 0 spiro atoms. The van der Waals surface area contributed by atoms with Crippen LogP contribution in [0.1, 0.15) is 23.8 Å². The lowest BCUT2D eigenvalue weighted by Crippen LogP contribution is -2.46.